The number of nitrogens with one attached hydrogen (secondary N) is 1. The van der Waals surface area contributed by atoms with Gasteiger partial charge in [0.05, 0.1) is 24.7 Å². The second kappa shape index (κ2) is 6.48. The zero-order valence-corrected chi connectivity index (χ0v) is 13.1. The maximum absolute atomic E-state index is 11.4. The zero-order valence-electron chi connectivity index (χ0n) is 13.1. The number of methoxy groups -OCH3 is 1. The average Bonchev–Trinajstić information content (AvgIpc) is 2.61. The number of hydrogen-bond acceptors (Lipinski definition) is 7. The van der Waals surface area contributed by atoms with Crippen LogP contribution in [0.25, 0.3) is 10.9 Å². The molecule has 3 aromatic rings. The van der Waals surface area contributed by atoms with Crippen molar-refractivity contribution in [3.63, 3.8) is 0 Å². The van der Waals surface area contributed by atoms with Gasteiger partial charge in [-0.25, -0.2) is 0 Å². The topological polar surface area (TPSA) is 114 Å². The number of carbonyl (C=O) groups excluding carboxylic acids is 2. The summed E-state index contributed by atoms with van der Waals surface area (Å²) in [7, 11) is 1.49. The smallest absolute Gasteiger partial charge is 0.145 e. The van der Waals surface area contributed by atoms with Crippen LogP contribution < -0.4 is 20.3 Å². The number of benzene rings is 2. The second-order valence-corrected chi connectivity index (χ2v) is 5.18. The van der Waals surface area contributed by atoms with Crippen molar-refractivity contribution in [1.82, 2.24) is 4.98 Å². The van der Waals surface area contributed by atoms with Crippen LogP contribution in [0.2, 0.25) is 0 Å². The zero-order chi connectivity index (χ0) is 18.0. The standard InChI is InChI=1S/C18H14N2O5/c1-25-14-4-2-3-12-15(13(18(23)24)9-19-16(12)14)20-11-7-5-10(6-8-11)17(21)22/h2-9H,1H3,(H,19,20)(H,21,22)(H,23,24)/p-2. The van der Waals surface area contributed by atoms with E-state index in [4.69, 9.17) is 4.74 Å². The van der Waals surface area contributed by atoms with Gasteiger partial charge in [0.15, 0.2) is 0 Å². The average molecular weight is 336 g/mol. The number of para-hydroxylation sites is 1. The fourth-order valence-corrected chi connectivity index (χ4v) is 2.48. The predicted molar refractivity (Wildman–Crippen MR) is 86.7 cm³/mol. The van der Waals surface area contributed by atoms with Crippen LogP contribution >= 0.6 is 0 Å². The molecule has 3 rings (SSSR count). The highest BCUT2D eigenvalue weighted by molar-refractivity contribution is 6.06. The maximum atomic E-state index is 11.4. The molecule has 1 N–H and O–H groups in total. The van der Waals surface area contributed by atoms with Crippen molar-refractivity contribution in [1.29, 1.82) is 0 Å². The van der Waals surface area contributed by atoms with Crippen LogP contribution in [-0.4, -0.2) is 24.0 Å². The van der Waals surface area contributed by atoms with E-state index in [-0.39, 0.29) is 16.8 Å². The van der Waals surface area contributed by atoms with E-state index in [1.54, 1.807) is 18.2 Å². The first-order chi connectivity index (χ1) is 12.0. The highest BCUT2D eigenvalue weighted by atomic mass is 16.5. The summed E-state index contributed by atoms with van der Waals surface area (Å²) in [6, 6.07) is 10.9. The van der Waals surface area contributed by atoms with Gasteiger partial charge < -0.3 is 29.9 Å². The van der Waals surface area contributed by atoms with E-state index in [1.165, 1.54) is 37.6 Å². The van der Waals surface area contributed by atoms with E-state index in [1.807, 2.05) is 0 Å². The first-order valence-electron chi connectivity index (χ1n) is 7.26. The second-order valence-electron chi connectivity index (χ2n) is 5.18. The lowest BCUT2D eigenvalue weighted by atomic mass is 10.1. The number of pyridine rings is 1. The minimum atomic E-state index is -1.38. The van der Waals surface area contributed by atoms with Crippen LogP contribution in [0, 0.1) is 0 Å². The highest BCUT2D eigenvalue weighted by Crippen LogP contribution is 2.33. The minimum absolute atomic E-state index is 0.0203. The lowest BCUT2D eigenvalue weighted by Crippen LogP contribution is -2.24. The molecule has 1 aromatic heterocycles. The van der Waals surface area contributed by atoms with Gasteiger partial charge in [-0.2, -0.15) is 0 Å². The van der Waals surface area contributed by atoms with Crippen molar-refractivity contribution in [2.75, 3.05) is 12.4 Å². The van der Waals surface area contributed by atoms with Gasteiger partial charge in [-0.1, -0.05) is 24.3 Å². The lowest BCUT2D eigenvalue weighted by Gasteiger charge is -2.16. The molecule has 0 fully saturated rings. The molecule has 0 unspecified atom stereocenters. The molecule has 0 aliphatic rings. The number of anilines is 2. The van der Waals surface area contributed by atoms with E-state index in [0.717, 1.165) is 0 Å². The Bertz CT molecular complexity index is 967. The highest BCUT2D eigenvalue weighted by Gasteiger charge is 2.13. The summed E-state index contributed by atoms with van der Waals surface area (Å²) >= 11 is 0. The summed E-state index contributed by atoms with van der Waals surface area (Å²) < 4.78 is 5.25. The maximum Gasteiger partial charge on any atom is 0.145 e. The van der Waals surface area contributed by atoms with E-state index >= 15 is 0 Å². The number of fused-ring (bicyclic) bond motifs is 1. The minimum Gasteiger partial charge on any atom is -0.545 e. The summed E-state index contributed by atoms with van der Waals surface area (Å²) in [5, 5.41) is 25.8. The van der Waals surface area contributed by atoms with Crippen LogP contribution in [-0.2, 0) is 0 Å². The number of carbonyl (C=O) groups is 2. The first-order valence-corrected chi connectivity index (χ1v) is 7.26. The Balaban J connectivity index is 2.14. The molecule has 0 atom stereocenters. The van der Waals surface area contributed by atoms with Crippen molar-refractivity contribution in [3.8, 4) is 5.75 Å². The quantitative estimate of drug-likeness (QED) is 0.730. The SMILES string of the molecule is COc1cccc2c(Nc3ccc(C(=O)[O-])cc3)c(C(=O)[O-])cnc12. The molecule has 0 saturated carbocycles. The molecule has 1 heterocycles. The molecule has 126 valence electrons. The Hall–Kier alpha value is -3.61. The number of carboxylic acids is 2. The molecule has 0 spiro atoms. The van der Waals surface area contributed by atoms with Crippen LogP contribution in [0.4, 0.5) is 11.4 Å². The normalized spacial score (nSPS) is 10.4. The number of rotatable bonds is 5. The number of hydrogen-bond donors (Lipinski definition) is 1. The van der Waals surface area contributed by atoms with Crippen LogP contribution in [0.1, 0.15) is 20.7 Å². The number of aromatic carboxylic acids is 2. The molecule has 0 radical (unpaired) electrons. The number of carboxylic acid groups (broad SMARTS) is 2. The summed E-state index contributed by atoms with van der Waals surface area (Å²) in [4.78, 5) is 26.4. The van der Waals surface area contributed by atoms with Crippen molar-refractivity contribution in [2.45, 2.75) is 0 Å². The molecule has 7 heteroatoms. The molecular weight excluding hydrogens is 324 g/mol. The molecule has 0 aliphatic carbocycles. The first kappa shape index (κ1) is 16.3. The van der Waals surface area contributed by atoms with Gasteiger partial charge in [0, 0.05) is 22.8 Å². The van der Waals surface area contributed by atoms with Gasteiger partial charge >= 0.3 is 0 Å². The molecule has 0 saturated heterocycles. The Kier molecular flexibility index (Phi) is 4.21. The number of ether oxygens (including phenoxy) is 1. The molecule has 0 amide bonds. The van der Waals surface area contributed by atoms with E-state index in [0.29, 0.717) is 22.3 Å². The van der Waals surface area contributed by atoms with Crippen molar-refractivity contribution < 1.29 is 24.5 Å². The Labute approximate surface area is 142 Å². The third-order valence-corrected chi connectivity index (χ3v) is 3.69. The molecule has 2 aromatic carbocycles. The van der Waals surface area contributed by atoms with Crippen molar-refractivity contribution in [2.24, 2.45) is 0 Å². The summed E-state index contributed by atoms with van der Waals surface area (Å²) in [6.07, 6.45) is 1.19. The Morgan fingerprint density at radius 3 is 2.36 bits per heavy atom. The monoisotopic (exact) mass is 336 g/mol. The number of aromatic nitrogens is 1. The molecule has 7 nitrogen and oxygen atoms in total. The molecule has 25 heavy (non-hydrogen) atoms. The van der Waals surface area contributed by atoms with Crippen LogP contribution in [0.5, 0.6) is 5.75 Å². The fourth-order valence-electron chi connectivity index (χ4n) is 2.48. The van der Waals surface area contributed by atoms with Gasteiger partial charge in [-0.05, 0) is 23.8 Å². The van der Waals surface area contributed by atoms with Gasteiger partial charge in [0.2, 0.25) is 0 Å². The lowest BCUT2D eigenvalue weighted by molar-refractivity contribution is -0.256. The third-order valence-electron chi connectivity index (χ3n) is 3.69. The van der Waals surface area contributed by atoms with E-state index in [2.05, 4.69) is 10.3 Å². The fraction of sp³-hybridized carbons (Fsp3) is 0.0556. The summed E-state index contributed by atoms with van der Waals surface area (Å²) in [5.41, 5.74) is 1.17. The van der Waals surface area contributed by atoms with Crippen LogP contribution in [0.15, 0.2) is 48.7 Å². The predicted octanol–water partition coefficient (Wildman–Crippen LogP) is 0.714. The summed E-state index contributed by atoms with van der Waals surface area (Å²) in [5.74, 6) is -2.18. The molecule has 0 aliphatic heterocycles. The van der Waals surface area contributed by atoms with Crippen molar-refractivity contribution >= 4 is 34.2 Å². The van der Waals surface area contributed by atoms with Crippen molar-refractivity contribution in [3.05, 3.63) is 59.8 Å². The largest absolute Gasteiger partial charge is 0.545 e. The van der Waals surface area contributed by atoms with Gasteiger partial charge in [-0.15, -0.1) is 0 Å². The van der Waals surface area contributed by atoms with Crippen LogP contribution in [0.3, 0.4) is 0 Å². The van der Waals surface area contributed by atoms with E-state index < -0.39 is 11.9 Å². The van der Waals surface area contributed by atoms with Gasteiger partial charge in [-0.3, -0.25) is 4.98 Å². The van der Waals surface area contributed by atoms with E-state index in [9.17, 15) is 19.8 Å². The Morgan fingerprint density at radius 2 is 1.76 bits per heavy atom. The van der Waals surface area contributed by atoms with Gasteiger partial charge in [0.25, 0.3) is 0 Å². The third kappa shape index (κ3) is 3.07. The molecule has 0 bridgehead atoms. The number of nitrogens with zero attached hydrogens (tertiary/aromatic N) is 1. The Morgan fingerprint density at radius 1 is 1.04 bits per heavy atom. The summed E-state index contributed by atoms with van der Waals surface area (Å²) in [6.45, 7) is 0. The van der Waals surface area contributed by atoms with Gasteiger partial charge in [0.1, 0.15) is 11.3 Å². The molecular formula is C18H12N2O5-2.